The van der Waals surface area contributed by atoms with Crippen LogP contribution in [-0.4, -0.2) is 28.6 Å². The predicted octanol–water partition coefficient (Wildman–Crippen LogP) is 1.37. The molecule has 0 atom stereocenters. The van der Waals surface area contributed by atoms with E-state index in [1.807, 2.05) is 6.92 Å². The second-order valence-electron chi connectivity index (χ2n) is 2.72. The number of carbonyl (C=O) groups is 2. The molecule has 0 fully saturated rings. The van der Waals surface area contributed by atoms with Gasteiger partial charge in [-0.25, -0.2) is 14.6 Å². The first-order valence-corrected chi connectivity index (χ1v) is 5.25. The topological polar surface area (TPSA) is 91.3 Å². The van der Waals surface area contributed by atoms with Crippen molar-refractivity contribution in [2.45, 2.75) is 13.3 Å². The Kier molecular flexibility index (Phi) is 4.04. The van der Waals surface area contributed by atoms with Crippen LogP contribution in [0.3, 0.4) is 0 Å². The van der Waals surface area contributed by atoms with Crippen LogP contribution in [0.2, 0.25) is 0 Å². The molecule has 0 bridgehead atoms. The molecule has 0 saturated heterocycles. The Hall–Kier alpha value is -1.63. The number of aromatic nitrogens is 1. The number of amides is 2. The van der Waals surface area contributed by atoms with Gasteiger partial charge in [0, 0.05) is 11.9 Å². The van der Waals surface area contributed by atoms with Gasteiger partial charge in [0.2, 0.25) is 0 Å². The van der Waals surface area contributed by atoms with Gasteiger partial charge in [-0.2, -0.15) is 0 Å². The molecule has 2 amide bonds. The fourth-order valence-electron chi connectivity index (χ4n) is 0.809. The largest absolute Gasteiger partial charge is 0.476 e. The summed E-state index contributed by atoms with van der Waals surface area (Å²) in [6, 6.07) is -0.372. The molecule has 0 radical (unpaired) electrons. The standard InChI is InChI=1S/C8H11N3O3S/c1-2-3-9-7(14)11-8-10-5(4-15-8)6(12)13/h4H,2-3H2,1H3,(H,12,13)(H2,9,10,11,14). The average Bonchev–Trinajstić information content (AvgIpc) is 2.63. The van der Waals surface area contributed by atoms with E-state index in [0.717, 1.165) is 17.8 Å². The highest BCUT2D eigenvalue weighted by Crippen LogP contribution is 2.14. The van der Waals surface area contributed by atoms with E-state index >= 15 is 0 Å². The normalized spacial score (nSPS) is 9.67. The van der Waals surface area contributed by atoms with E-state index in [0.29, 0.717) is 6.54 Å². The summed E-state index contributed by atoms with van der Waals surface area (Å²) >= 11 is 1.08. The van der Waals surface area contributed by atoms with Crippen LogP contribution in [0.5, 0.6) is 0 Å². The molecular weight excluding hydrogens is 218 g/mol. The summed E-state index contributed by atoms with van der Waals surface area (Å²) in [5.41, 5.74) is -0.0641. The first-order chi connectivity index (χ1) is 7.13. The fourth-order valence-corrected chi connectivity index (χ4v) is 1.49. The molecule has 0 spiro atoms. The van der Waals surface area contributed by atoms with Gasteiger partial charge in [-0.05, 0) is 6.42 Å². The van der Waals surface area contributed by atoms with Crippen LogP contribution in [0, 0.1) is 0 Å². The maximum atomic E-state index is 11.1. The van der Waals surface area contributed by atoms with Crippen molar-refractivity contribution in [1.29, 1.82) is 0 Å². The van der Waals surface area contributed by atoms with Crippen molar-refractivity contribution in [3.05, 3.63) is 11.1 Å². The number of carboxylic acids is 1. The zero-order valence-electron chi connectivity index (χ0n) is 8.11. The number of rotatable bonds is 4. The van der Waals surface area contributed by atoms with Crippen LogP contribution in [-0.2, 0) is 0 Å². The van der Waals surface area contributed by atoms with E-state index in [2.05, 4.69) is 15.6 Å². The van der Waals surface area contributed by atoms with Gasteiger partial charge in [0.1, 0.15) is 0 Å². The number of carboxylic acid groups (broad SMARTS) is 1. The second kappa shape index (κ2) is 5.30. The van der Waals surface area contributed by atoms with E-state index in [1.54, 1.807) is 0 Å². The number of thiazole rings is 1. The van der Waals surface area contributed by atoms with Crippen molar-refractivity contribution in [1.82, 2.24) is 10.3 Å². The van der Waals surface area contributed by atoms with Gasteiger partial charge in [-0.3, -0.25) is 5.32 Å². The SMILES string of the molecule is CCCNC(=O)Nc1nc(C(=O)O)cs1. The number of nitrogens with zero attached hydrogens (tertiary/aromatic N) is 1. The number of nitrogens with one attached hydrogen (secondary N) is 2. The Balaban J connectivity index is 2.50. The predicted molar refractivity (Wildman–Crippen MR) is 56.4 cm³/mol. The quantitative estimate of drug-likeness (QED) is 0.727. The molecule has 1 rings (SSSR count). The lowest BCUT2D eigenvalue weighted by Crippen LogP contribution is -2.29. The van der Waals surface area contributed by atoms with Crippen LogP contribution in [0.4, 0.5) is 9.93 Å². The monoisotopic (exact) mass is 229 g/mol. The molecule has 0 aliphatic carbocycles. The molecule has 82 valence electrons. The molecule has 1 aromatic heterocycles. The van der Waals surface area contributed by atoms with Gasteiger partial charge < -0.3 is 10.4 Å². The summed E-state index contributed by atoms with van der Waals surface area (Å²) < 4.78 is 0. The average molecular weight is 229 g/mol. The van der Waals surface area contributed by atoms with Crippen LogP contribution in [0.1, 0.15) is 23.8 Å². The number of carbonyl (C=O) groups excluding carboxylic acids is 1. The lowest BCUT2D eigenvalue weighted by Gasteiger charge is -2.02. The molecule has 0 saturated carbocycles. The van der Waals surface area contributed by atoms with Crippen LogP contribution >= 0.6 is 11.3 Å². The first kappa shape index (κ1) is 11.4. The van der Waals surface area contributed by atoms with E-state index < -0.39 is 5.97 Å². The van der Waals surface area contributed by atoms with Crippen molar-refractivity contribution < 1.29 is 14.7 Å². The number of aromatic carboxylic acids is 1. The fraction of sp³-hybridized carbons (Fsp3) is 0.375. The lowest BCUT2D eigenvalue weighted by molar-refractivity contribution is 0.0691. The maximum Gasteiger partial charge on any atom is 0.355 e. The summed E-state index contributed by atoms with van der Waals surface area (Å²) in [5, 5.41) is 15.3. The minimum absolute atomic E-state index is 0.0641. The minimum Gasteiger partial charge on any atom is -0.476 e. The summed E-state index contributed by atoms with van der Waals surface area (Å²) in [4.78, 5) is 25.3. The molecule has 3 N–H and O–H groups in total. The number of anilines is 1. The maximum absolute atomic E-state index is 11.1. The molecule has 1 heterocycles. The van der Waals surface area contributed by atoms with Crippen LogP contribution in [0.25, 0.3) is 0 Å². The highest BCUT2D eigenvalue weighted by Gasteiger charge is 2.09. The molecule has 0 unspecified atom stereocenters. The van der Waals surface area contributed by atoms with Crippen LogP contribution < -0.4 is 10.6 Å². The molecule has 6 nitrogen and oxygen atoms in total. The Morgan fingerprint density at radius 2 is 2.33 bits per heavy atom. The van der Waals surface area contributed by atoms with Gasteiger partial charge in [-0.1, -0.05) is 6.92 Å². The molecule has 0 aromatic carbocycles. The molecule has 7 heteroatoms. The van der Waals surface area contributed by atoms with Crippen molar-refractivity contribution in [3.63, 3.8) is 0 Å². The Morgan fingerprint density at radius 3 is 2.87 bits per heavy atom. The van der Waals surface area contributed by atoms with Crippen molar-refractivity contribution in [2.24, 2.45) is 0 Å². The van der Waals surface area contributed by atoms with Gasteiger partial charge in [-0.15, -0.1) is 11.3 Å². The first-order valence-electron chi connectivity index (χ1n) is 4.37. The molecule has 1 aromatic rings. The Bertz CT molecular complexity index is 364. The Labute approximate surface area is 90.3 Å². The zero-order valence-corrected chi connectivity index (χ0v) is 8.93. The molecule has 0 aliphatic heterocycles. The number of hydrogen-bond acceptors (Lipinski definition) is 4. The zero-order chi connectivity index (χ0) is 11.3. The highest BCUT2D eigenvalue weighted by molar-refractivity contribution is 7.14. The summed E-state index contributed by atoms with van der Waals surface area (Å²) in [6.07, 6.45) is 0.839. The van der Waals surface area contributed by atoms with Gasteiger partial charge >= 0.3 is 12.0 Å². The Morgan fingerprint density at radius 1 is 1.60 bits per heavy atom. The third-order valence-corrected chi connectivity index (χ3v) is 2.24. The van der Waals surface area contributed by atoms with Crippen molar-refractivity contribution in [2.75, 3.05) is 11.9 Å². The van der Waals surface area contributed by atoms with E-state index in [-0.39, 0.29) is 16.9 Å². The van der Waals surface area contributed by atoms with Gasteiger partial charge in [0.25, 0.3) is 0 Å². The van der Waals surface area contributed by atoms with E-state index in [1.165, 1.54) is 5.38 Å². The van der Waals surface area contributed by atoms with Crippen LogP contribution in [0.15, 0.2) is 5.38 Å². The number of hydrogen-bond donors (Lipinski definition) is 3. The van der Waals surface area contributed by atoms with E-state index in [9.17, 15) is 9.59 Å². The smallest absolute Gasteiger partial charge is 0.355 e. The highest BCUT2D eigenvalue weighted by atomic mass is 32.1. The molecular formula is C8H11N3O3S. The van der Waals surface area contributed by atoms with E-state index in [4.69, 9.17) is 5.11 Å². The lowest BCUT2D eigenvalue weighted by atomic mass is 10.5. The van der Waals surface area contributed by atoms with Crippen molar-refractivity contribution in [3.8, 4) is 0 Å². The molecule has 15 heavy (non-hydrogen) atoms. The summed E-state index contributed by atoms with van der Waals surface area (Å²) in [5.74, 6) is -1.10. The minimum atomic E-state index is -1.10. The van der Waals surface area contributed by atoms with Gasteiger partial charge in [0.15, 0.2) is 10.8 Å². The summed E-state index contributed by atoms with van der Waals surface area (Å²) in [6.45, 7) is 2.51. The molecule has 0 aliphatic rings. The van der Waals surface area contributed by atoms with Gasteiger partial charge in [0.05, 0.1) is 0 Å². The third-order valence-electron chi connectivity index (χ3n) is 1.48. The van der Waals surface area contributed by atoms with Crippen molar-refractivity contribution >= 4 is 28.5 Å². The number of urea groups is 1. The summed E-state index contributed by atoms with van der Waals surface area (Å²) in [7, 11) is 0. The second-order valence-corrected chi connectivity index (χ2v) is 3.58. The third kappa shape index (κ3) is 3.55.